The minimum atomic E-state index is 0.470. The van der Waals surface area contributed by atoms with Crippen molar-refractivity contribution < 1.29 is 0 Å². The lowest BCUT2D eigenvalue weighted by Gasteiger charge is -2.31. The van der Waals surface area contributed by atoms with Gasteiger partial charge in [-0.15, -0.1) is 0 Å². The average molecular weight is 284 g/mol. The summed E-state index contributed by atoms with van der Waals surface area (Å²) in [6.45, 7) is 1.92. The smallest absolute Gasteiger partial charge is 0.225 e. The van der Waals surface area contributed by atoms with Crippen LogP contribution < -0.4 is 9.80 Å². The number of aromatic nitrogens is 4. The molecule has 0 aromatic carbocycles. The second kappa shape index (κ2) is 6.03. The third-order valence-electron chi connectivity index (χ3n) is 3.85. The molecule has 21 heavy (non-hydrogen) atoms. The molecule has 1 aliphatic rings. The van der Waals surface area contributed by atoms with E-state index in [9.17, 15) is 0 Å². The predicted octanol–water partition coefficient (Wildman–Crippen LogP) is 1.72. The first kappa shape index (κ1) is 13.7. The average Bonchev–Trinajstić information content (AvgIpc) is 2.56. The predicted molar refractivity (Wildman–Crippen MR) is 82.6 cm³/mol. The molecule has 3 heterocycles. The number of hydrogen-bond acceptors (Lipinski definition) is 6. The zero-order chi connectivity index (χ0) is 14.7. The van der Waals surface area contributed by atoms with E-state index < -0.39 is 0 Å². The van der Waals surface area contributed by atoms with Crippen LogP contribution in [0.1, 0.15) is 24.5 Å². The fraction of sp³-hybridized carbons (Fsp3) is 0.467. The van der Waals surface area contributed by atoms with E-state index >= 15 is 0 Å². The highest BCUT2D eigenvalue weighted by atomic mass is 15.2. The molecule has 0 atom stereocenters. The molecule has 2 aromatic rings. The molecule has 0 bridgehead atoms. The van der Waals surface area contributed by atoms with Gasteiger partial charge in [0.25, 0.3) is 0 Å². The summed E-state index contributed by atoms with van der Waals surface area (Å²) in [6, 6.07) is 1.85. The summed E-state index contributed by atoms with van der Waals surface area (Å²) in [5.41, 5.74) is 1.09. The topological polar surface area (TPSA) is 58.0 Å². The summed E-state index contributed by atoms with van der Waals surface area (Å²) < 4.78 is 0. The minimum absolute atomic E-state index is 0.470. The molecular formula is C15H20N6. The molecule has 0 radical (unpaired) electrons. The Morgan fingerprint density at radius 1 is 1.10 bits per heavy atom. The number of nitrogens with zero attached hydrogens (tertiary/aromatic N) is 6. The van der Waals surface area contributed by atoms with Gasteiger partial charge < -0.3 is 9.80 Å². The minimum Gasteiger partial charge on any atom is -0.361 e. The quantitative estimate of drug-likeness (QED) is 0.855. The van der Waals surface area contributed by atoms with E-state index in [-0.39, 0.29) is 0 Å². The van der Waals surface area contributed by atoms with E-state index in [0.717, 1.165) is 43.4 Å². The Morgan fingerprint density at radius 3 is 2.48 bits per heavy atom. The highest BCUT2D eigenvalue weighted by Crippen LogP contribution is 2.28. The van der Waals surface area contributed by atoms with Gasteiger partial charge in [0.05, 0.1) is 11.9 Å². The van der Waals surface area contributed by atoms with Crippen LogP contribution >= 0.6 is 0 Å². The monoisotopic (exact) mass is 284 g/mol. The Morgan fingerprint density at radius 2 is 1.81 bits per heavy atom. The molecule has 3 rings (SSSR count). The van der Waals surface area contributed by atoms with Crippen LogP contribution in [0.15, 0.2) is 30.9 Å². The van der Waals surface area contributed by atoms with Crippen molar-refractivity contribution in [2.45, 2.75) is 18.8 Å². The number of anilines is 2. The number of piperidine rings is 1. The van der Waals surface area contributed by atoms with E-state index in [1.807, 2.05) is 31.3 Å². The summed E-state index contributed by atoms with van der Waals surface area (Å²) >= 11 is 0. The second-order valence-corrected chi connectivity index (χ2v) is 5.51. The summed E-state index contributed by atoms with van der Waals surface area (Å²) in [5, 5.41) is 0. The van der Waals surface area contributed by atoms with Crippen LogP contribution in [-0.2, 0) is 0 Å². The van der Waals surface area contributed by atoms with Crippen molar-refractivity contribution in [2.75, 3.05) is 37.0 Å². The lowest BCUT2D eigenvalue weighted by Crippen LogP contribution is -2.34. The van der Waals surface area contributed by atoms with E-state index in [2.05, 4.69) is 19.9 Å². The summed E-state index contributed by atoms with van der Waals surface area (Å²) in [7, 11) is 3.98. The second-order valence-electron chi connectivity index (χ2n) is 5.51. The maximum atomic E-state index is 4.71. The first-order valence-electron chi connectivity index (χ1n) is 7.25. The van der Waals surface area contributed by atoms with Gasteiger partial charge in [-0.3, -0.25) is 4.98 Å². The molecule has 0 spiro atoms. The molecule has 0 saturated carbocycles. The molecule has 0 unspecified atom stereocenters. The lowest BCUT2D eigenvalue weighted by atomic mass is 9.94. The van der Waals surface area contributed by atoms with Crippen LogP contribution in [0.2, 0.25) is 0 Å². The highest BCUT2D eigenvalue weighted by Gasteiger charge is 2.23. The van der Waals surface area contributed by atoms with E-state index in [1.165, 1.54) is 0 Å². The maximum Gasteiger partial charge on any atom is 0.225 e. The molecule has 1 saturated heterocycles. The molecule has 0 N–H and O–H groups in total. The molecule has 1 aliphatic heterocycles. The van der Waals surface area contributed by atoms with Crippen molar-refractivity contribution in [3.05, 3.63) is 36.5 Å². The third-order valence-corrected chi connectivity index (χ3v) is 3.85. The Kier molecular flexibility index (Phi) is 3.94. The Balaban J connectivity index is 1.67. The van der Waals surface area contributed by atoms with Crippen LogP contribution in [0, 0.1) is 0 Å². The van der Waals surface area contributed by atoms with Crippen molar-refractivity contribution in [3.8, 4) is 0 Å². The van der Waals surface area contributed by atoms with Crippen molar-refractivity contribution >= 4 is 11.8 Å². The van der Waals surface area contributed by atoms with Gasteiger partial charge in [-0.05, 0) is 18.9 Å². The molecule has 6 nitrogen and oxygen atoms in total. The zero-order valence-electron chi connectivity index (χ0n) is 12.5. The van der Waals surface area contributed by atoms with Crippen LogP contribution in [0.5, 0.6) is 0 Å². The molecular weight excluding hydrogens is 264 g/mol. The third kappa shape index (κ3) is 3.09. The van der Waals surface area contributed by atoms with Gasteiger partial charge in [-0.25, -0.2) is 15.0 Å². The van der Waals surface area contributed by atoms with Gasteiger partial charge in [0.15, 0.2) is 0 Å². The van der Waals surface area contributed by atoms with Crippen LogP contribution in [0.3, 0.4) is 0 Å². The molecule has 2 aromatic heterocycles. The van der Waals surface area contributed by atoms with Crippen molar-refractivity contribution in [2.24, 2.45) is 0 Å². The number of rotatable bonds is 3. The number of hydrogen-bond donors (Lipinski definition) is 0. The normalized spacial score (nSPS) is 16.0. The van der Waals surface area contributed by atoms with Gasteiger partial charge in [0.1, 0.15) is 5.82 Å². The first-order chi connectivity index (χ1) is 10.2. The maximum absolute atomic E-state index is 4.71. The molecule has 110 valence electrons. The van der Waals surface area contributed by atoms with Gasteiger partial charge in [-0.2, -0.15) is 0 Å². The SMILES string of the molecule is CN(C)c1cncc(C2CCN(c3ncccn3)CC2)n1. The molecule has 1 fully saturated rings. The summed E-state index contributed by atoms with van der Waals surface area (Å²) in [5.74, 6) is 2.21. The van der Waals surface area contributed by atoms with Gasteiger partial charge in [0, 0.05) is 51.7 Å². The summed E-state index contributed by atoms with van der Waals surface area (Å²) in [6.07, 6.45) is 9.40. The largest absolute Gasteiger partial charge is 0.361 e. The molecule has 6 heteroatoms. The highest BCUT2D eigenvalue weighted by molar-refractivity contribution is 5.35. The van der Waals surface area contributed by atoms with E-state index in [0.29, 0.717) is 5.92 Å². The van der Waals surface area contributed by atoms with Gasteiger partial charge in [-0.1, -0.05) is 0 Å². The van der Waals surface area contributed by atoms with Crippen LogP contribution in [0.25, 0.3) is 0 Å². The van der Waals surface area contributed by atoms with Gasteiger partial charge >= 0.3 is 0 Å². The molecule has 0 amide bonds. The Hall–Kier alpha value is -2.24. The fourth-order valence-corrected chi connectivity index (χ4v) is 2.61. The fourth-order valence-electron chi connectivity index (χ4n) is 2.61. The van der Waals surface area contributed by atoms with E-state index in [4.69, 9.17) is 4.98 Å². The van der Waals surface area contributed by atoms with Crippen molar-refractivity contribution in [1.29, 1.82) is 0 Å². The Bertz CT molecular complexity index is 578. The van der Waals surface area contributed by atoms with Crippen LogP contribution in [0.4, 0.5) is 11.8 Å². The van der Waals surface area contributed by atoms with Crippen molar-refractivity contribution in [3.63, 3.8) is 0 Å². The van der Waals surface area contributed by atoms with Crippen molar-refractivity contribution in [1.82, 2.24) is 19.9 Å². The summed E-state index contributed by atoms with van der Waals surface area (Å²) in [4.78, 5) is 21.9. The molecule has 0 aliphatic carbocycles. The van der Waals surface area contributed by atoms with Crippen LogP contribution in [-0.4, -0.2) is 47.1 Å². The van der Waals surface area contributed by atoms with Gasteiger partial charge in [0.2, 0.25) is 5.95 Å². The zero-order valence-corrected chi connectivity index (χ0v) is 12.5. The van der Waals surface area contributed by atoms with E-state index in [1.54, 1.807) is 18.6 Å². The lowest BCUT2D eigenvalue weighted by molar-refractivity contribution is 0.489. The first-order valence-corrected chi connectivity index (χ1v) is 7.25. The Labute approximate surface area is 124 Å². The standard InChI is InChI=1S/C15H20N6/c1-20(2)14-11-16-10-13(19-14)12-4-8-21(9-5-12)15-17-6-3-7-18-15/h3,6-7,10-12H,4-5,8-9H2,1-2H3.